The van der Waals surface area contributed by atoms with Crippen LogP contribution in [-0.4, -0.2) is 47.8 Å². The summed E-state index contributed by atoms with van der Waals surface area (Å²) < 4.78 is 0. The maximum atomic E-state index is 12.0. The molecule has 2 heterocycles. The Kier molecular flexibility index (Phi) is 5.46. The molecule has 4 nitrogen and oxygen atoms in total. The van der Waals surface area contributed by atoms with Gasteiger partial charge in [0.1, 0.15) is 0 Å². The molecule has 0 aromatic carbocycles. The zero-order chi connectivity index (χ0) is 14.4. The van der Waals surface area contributed by atoms with E-state index in [0.29, 0.717) is 18.2 Å². The van der Waals surface area contributed by atoms with Crippen LogP contribution in [0.25, 0.3) is 0 Å². The van der Waals surface area contributed by atoms with E-state index in [1.807, 2.05) is 9.80 Å². The first-order valence-electron chi connectivity index (χ1n) is 7.70. The smallest absolute Gasteiger partial charge is 0.298 e. The van der Waals surface area contributed by atoms with Crippen molar-refractivity contribution in [2.24, 2.45) is 5.92 Å². The predicted octanol–water partition coefficient (Wildman–Crippen LogP) is 1.65. The number of hydrogen-bond donors (Lipinski definition) is 0. The monoisotopic (exact) mass is 276 g/mol. The Morgan fingerprint density at radius 3 is 2.50 bits per heavy atom. The molecule has 2 rings (SSSR count). The first kappa shape index (κ1) is 14.9. The lowest BCUT2D eigenvalue weighted by atomic mass is 9.93. The second kappa shape index (κ2) is 7.33. The largest absolute Gasteiger partial charge is 0.343 e. The van der Waals surface area contributed by atoms with Crippen LogP contribution in [0.5, 0.6) is 0 Å². The van der Waals surface area contributed by atoms with Crippen molar-refractivity contribution < 1.29 is 9.59 Å². The van der Waals surface area contributed by atoms with Gasteiger partial charge in [-0.05, 0) is 50.9 Å². The summed E-state index contributed by atoms with van der Waals surface area (Å²) in [5, 5.41) is 0. The van der Waals surface area contributed by atoms with Crippen molar-refractivity contribution in [2.75, 3.05) is 26.2 Å². The number of piperidine rings is 1. The highest BCUT2D eigenvalue weighted by molar-refractivity contribution is 5.93. The van der Waals surface area contributed by atoms with Crippen LogP contribution in [0, 0.1) is 17.8 Å². The highest BCUT2D eigenvalue weighted by Crippen LogP contribution is 2.22. The van der Waals surface area contributed by atoms with E-state index in [0.717, 1.165) is 58.3 Å². The summed E-state index contributed by atoms with van der Waals surface area (Å²) >= 11 is 0. The normalized spacial score (nSPS) is 22.4. The average Bonchev–Trinajstić information content (AvgIpc) is 2.99. The Morgan fingerprint density at radius 1 is 1.10 bits per heavy atom. The minimum absolute atomic E-state index is 0.0666. The summed E-state index contributed by atoms with van der Waals surface area (Å²) in [7, 11) is 0. The topological polar surface area (TPSA) is 40.6 Å². The lowest BCUT2D eigenvalue weighted by Crippen LogP contribution is -2.39. The van der Waals surface area contributed by atoms with E-state index in [9.17, 15) is 9.59 Å². The van der Waals surface area contributed by atoms with Crippen molar-refractivity contribution in [3.63, 3.8) is 0 Å². The number of nitrogens with zero attached hydrogens (tertiary/aromatic N) is 2. The summed E-state index contributed by atoms with van der Waals surface area (Å²) in [4.78, 5) is 27.6. The third kappa shape index (κ3) is 4.00. The maximum Gasteiger partial charge on any atom is 0.298 e. The molecule has 20 heavy (non-hydrogen) atoms. The number of carbonyl (C=O) groups is 2. The molecule has 2 amide bonds. The van der Waals surface area contributed by atoms with Crippen molar-refractivity contribution in [1.82, 2.24) is 9.80 Å². The van der Waals surface area contributed by atoms with Crippen molar-refractivity contribution in [3.05, 3.63) is 0 Å². The van der Waals surface area contributed by atoms with Gasteiger partial charge in [0.25, 0.3) is 5.91 Å². The molecule has 0 aromatic heterocycles. The first-order chi connectivity index (χ1) is 9.70. The Morgan fingerprint density at radius 2 is 1.80 bits per heavy atom. The molecule has 0 aliphatic carbocycles. The Bertz CT molecular complexity index is 416. The fourth-order valence-electron chi connectivity index (χ4n) is 3.12. The van der Waals surface area contributed by atoms with E-state index < -0.39 is 0 Å². The van der Waals surface area contributed by atoms with Gasteiger partial charge in [-0.1, -0.05) is 5.92 Å². The third-order valence-electron chi connectivity index (χ3n) is 4.26. The molecule has 110 valence electrons. The number of likely N-dealkylation sites (tertiary alicyclic amines) is 2. The van der Waals surface area contributed by atoms with Gasteiger partial charge in [-0.3, -0.25) is 9.59 Å². The van der Waals surface area contributed by atoms with Crippen molar-refractivity contribution >= 4 is 11.8 Å². The molecule has 2 aliphatic rings. The number of rotatable bonds is 3. The molecule has 2 fully saturated rings. The van der Waals surface area contributed by atoms with Crippen molar-refractivity contribution in [2.45, 2.75) is 45.4 Å². The minimum Gasteiger partial charge on any atom is -0.343 e. The van der Waals surface area contributed by atoms with E-state index in [1.165, 1.54) is 0 Å². The van der Waals surface area contributed by atoms with Crippen molar-refractivity contribution in [1.29, 1.82) is 0 Å². The first-order valence-corrected chi connectivity index (χ1v) is 7.70. The zero-order valence-electron chi connectivity index (χ0n) is 12.4. The summed E-state index contributed by atoms with van der Waals surface area (Å²) in [6.07, 6.45) is 5.97. The molecule has 0 N–H and O–H groups in total. The van der Waals surface area contributed by atoms with E-state index in [1.54, 1.807) is 6.92 Å². The zero-order valence-corrected chi connectivity index (χ0v) is 12.4. The van der Waals surface area contributed by atoms with Gasteiger partial charge < -0.3 is 9.80 Å². The molecular weight excluding hydrogens is 252 g/mol. The summed E-state index contributed by atoms with van der Waals surface area (Å²) in [6.45, 7) is 5.12. The lowest BCUT2D eigenvalue weighted by Gasteiger charge is -2.31. The van der Waals surface area contributed by atoms with Gasteiger partial charge >= 0.3 is 0 Å². The van der Waals surface area contributed by atoms with E-state index in [4.69, 9.17) is 0 Å². The number of amides is 2. The van der Waals surface area contributed by atoms with Gasteiger partial charge in [0.05, 0.1) is 0 Å². The van der Waals surface area contributed by atoms with E-state index in [2.05, 4.69) is 11.8 Å². The fourth-order valence-corrected chi connectivity index (χ4v) is 3.12. The standard InChI is InChI=1S/C16H24N2O2/c1-2-6-15(19)18-12-5-7-14(13-18)8-9-16(20)17-10-3-4-11-17/h14H,3-5,7-13H2,1H3. The molecule has 0 saturated carbocycles. The molecule has 2 aliphatic heterocycles. The van der Waals surface area contributed by atoms with Crippen LogP contribution in [-0.2, 0) is 9.59 Å². The van der Waals surface area contributed by atoms with Crippen LogP contribution in [0.4, 0.5) is 0 Å². The van der Waals surface area contributed by atoms with Gasteiger partial charge in [-0.2, -0.15) is 0 Å². The Balaban J connectivity index is 1.76. The number of carbonyl (C=O) groups excluding carboxylic acids is 2. The summed E-state index contributed by atoms with van der Waals surface area (Å²) in [5.74, 6) is 5.95. The third-order valence-corrected chi connectivity index (χ3v) is 4.26. The van der Waals surface area contributed by atoms with E-state index >= 15 is 0 Å². The predicted molar refractivity (Wildman–Crippen MR) is 77.8 cm³/mol. The van der Waals surface area contributed by atoms with Crippen LogP contribution in [0.1, 0.15) is 45.4 Å². The second-order valence-electron chi connectivity index (χ2n) is 5.76. The Labute approximate surface area is 121 Å². The van der Waals surface area contributed by atoms with E-state index in [-0.39, 0.29) is 5.91 Å². The lowest BCUT2D eigenvalue weighted by molar-refractivity contribution is -0.130. The van der Waals surface area contributed by atoms with Gasteiger partial charge in [0, 0.05) is 32.6 Å². The van der Waals surface area contributed by atoms with Gasteiger partial charge in [-0.25, -0.2) is 0 Å². The second-order valence-corrected chi connectivity index (χ2v) is 5.76. The Hall–Kier alpha value is -1.50. The van der Waals surface area contributed by atoms with Crippen molar-refractivity contribution in [3.8, 4) is 11.8 Å². The van der Waals surface area contributed by atoms with Crippen LogP contribution >= 0.6 is 0 Å². The molecule has 0 radical (unpaired) electrons. The maximum absolute atomic E-state index is 12.0. The molecule has 1 atom stereocenters. The summed E-state index contributed by atoms with van der Waals surface area (Å²) in [6, 6.07) is 0. The molecular formula is C16H24N2O2. The van der Waals surface area contributed by atoms with Crippen LogP contribution in [0.2, 0.25) is 0 Å². The van der Waals surface area contributed by atoms with Gasteiger partial charge in [0.15, 0.2) is 0 Å². The molecule has 0 aromatic rings. The summed E-state index contributed by atoms with van der Waals surface area (Å²) in [5.41, 5.74) is 0. The van der Waals surface area contributed by atoms with Crippen LogP contribution in [0.3, 0.4) is 0 Å². The molecule has 1 unspecified atom stereocenters. The number of hydrogen-bond acceptors (Lipinski definition) is 2. The van der Waals surface area contributed by atoms with Gasteiger partial charge in [-0.15, -0.1) is 0 Å². The highest BCUT2D eigenvalue weighted by Gasteiger charge is 2.24. The molecule has 4 heteroatoms. The van der Waals surface area contributed by atoms with Crippen LogP contribution < -0.4 is 0 Å². The molecule has 2 saturated heterocycles. The highest BCUT2D eigenvalue weighted by atomic mass is 16.2. The van der Waals surface area contributed by atoms with Gasteiger partial charge in [0.2, 0.25) is 5.91 Å². The fraction of sp³-hybridized carbons (Fsp3) is 0.750. The SMILES string of the molecule is CC#CC(=O)N1CCCC(CCC(=O)N2CCCC2)C1. The molecule has 0 spiro atoms. The molecule has 0 bridgehead atoms. The quantitative estimate of drug-likeness (QED) is 0.735. The minimum atomic E-state index is -0.0666. The van der Waals surface area contributed by atoms with Crippen LogP contribution in [0.15, 0.2) is 0 Å². The average molecular weight is 276 g/mol.